The van der Waals surface area contributed by atoms with E-state index in [1.807, 2.05) is 48.1 Å². The predicted molar refractivity (Wildman–Crippen MR) is 72.8 cm³/mol. The molecule has 106 valence electrons. The van der Waals surface area contributed by atoms with E-state index in [4.69, 9.17) is 4.74 Å². The van der Waals surface area contributed by atoms with Crippen LogP contribution in [0.5, 0.6) is 0 Å². The van der Waals surface area contributed by atoms with E-state index in [-0.39, 0.29) is 18.4 Å². The molecule has 1 aromatic carbocycles. The van der Waals surface area contributed by atoms with Gasteiger partial charge in [0, 0.05) is 11.6 Å². The Hall–Kier alpha value is -1.87. The third kappa shape index (κ3) is 4.67. The van der Waals surface area contributed by atoms with Gasteiger partial charge in [-0.25, -0.2) is 4.79 Å². The number of pyridine rings is 1. The standard InChI is InChI=1S/C16H18NO2.ClH/c1-2-11-19-16(18)15-9-6-10-17(13-15)12-14-7-4-3-5-8-14;/h3-10,13H,2,11-12H2,1H3;1H/q+1;/p-1. The maximum Gasteiger partial charge on any atom is 0.344 e. The zero-order valence-corrected chi connectivity index (χ0v) is 12.2. The zero-order chi connectivity index (χ0) is 13.5. The van der Waals surface area contributed by atoms with Gasteiger partial charge in [0.15, 0.2) is 18.9 Å². The van der Waals surface area contributed by atoms with Gasteiger partial charge in [-0.15, -0.1) is 0 Å². The molecule has 4 heteroatoms. The molecule has 0 N–H and O–H groups in total. The molecule has 0 saturated carbocycles. The van der Waals surface area contributed by atoms with Crippen molar-refractivity contribution in [1.82, 2.24) is 0 Å². The van der Waals surface area contributed by atoms with E-state index < -0.39 is 0 Å². The number of benzene rings is 1. The average molecular weight is 292 g/mol. The number of carbonyl (C=O) groups is 1. The molecule has 0 aliphatic heterocycles. The maximum atomic E-state index is 11.8. The summed E-state index contributed by atoms with van der Waals surface area (Å²) in [5.41, 5.74) is 1.79. The van der Waals surface area contributed by atoms with Crippen LogP contribution in [0.15, 0.2) is 54.9 Å². The van der Waals surface area contributed by atoms with Crippen molar-refractivity contribution in [2.75, 3.05) is 6.61 Å². The molecule has 2 aromatic rings. The summed E-state index contributed by atoms with van der Waals surface area (Å²) in [5.74, 6) is -0.260. The zero-order valence-electron chi connectivity index (χ0n) is 11.5. The number of nitrogens with zero attached hydrogens (tertiary/aromatic N) is 1. The van der Waals surface area contributed by atoms with Crippen LogP contribution in [0.2, 0.25) is 0 Å². The second-order valence-electron chi connectivity index (χ2n) is 4.39. The topological polar surface area (TPSA) is 30.2 Å². The molecule has 20 heavy (non-hydrogen) atoms. The molecule has 0 spiro atoms. The van der Waals surface area contributed by atoms with Crippen LogP contribution in [-0.4, -0.2) is 12.6 Å². The van der Waals surface area contributed by atoms with Gasteiger partial charge in [-0.3, -0.25) is 0 Å². The SMILES string of the molecule is CCCOC(=O)c1ccc[n+](Cc2ccccc2)c1.[Cl-]. The first-order valence-electron chi connectivity index (χ1n) is 6.49. The number of halogens is 1. The Kier molecular flexibility index (Phi) is 6.74. The van der Waals surface area contributed by atoms with Crippen molar-refractivity contribution in [3.05, 3.63) is 66.0 Å². The number of carbonyl (C=O) groups excluding carboxylic acids is 1. The minimum atomic E-state index is -0.260. The van der Waals surface area contributed by atoms with E-state index in [1.54, 1.807) is 6.07 Å². The molecule has 3 nitrogen and oxygen atoms in total. The summed E-state index contributed by atoms with van der Waals surface area (Å²) in [5, 5.41) is 0. The van der Waals surface area contributed by atoms with Crippen LogP contribution in [-0.2, 0) is 11.3 Å². The minimum absolute atomic E-state index is 0. The molecule has 0 atom stereocenters. The van der Waals surface area contributed by atoms with Crippen molar-refractivity contribution < 1.29 is 26.5 Å². The fourth-order valence-electron chi connectivity index (χ4n) is 1.81. The van der Waals surface area contributed by atoms with Crippen LogP contribution in [0.25, 0.3) is 0 Å². The smallest absolute Gasteiger partial charge is 0.344 e. The second kappa shape index (κ2) is 8.33. The van der Waals surface area contributed by atoms with Gasteiger partial charge in [0.2, 0.25) is 0 Å². The van der Waals surface area contributed by atoms with Crippen molar-refractivity contribution in [2.24, 2.45) is 0 Å². The van der Waals surface area contributed by atoms with E-state index in [0.29, 0.717) is 12.2 Å². The Morgan fingerprint density at radius 3 is 2.60 bits per heavy atom. The summed E-state index contributed by atoms with van der Waals surface area (Å²) < 4.78 is 7.11. The fraction of sp³-hybridized carbons (Fsp3) is 0.250. The van der Waals surface area contributed by atoms with Gasteiger partial charge >= 0.3 is 5.97 Å². The molecule has 0 fully saturated rings. The second-order valence-corrected chi connectivity index (χ2v) is 4.39. The summed E-state index contributed by atoms with van der Waals surface area (Å²) in [6, 6.07) is 13.8. The molecular weight excluding hydrogens is 274 g/mol. The Bertz CT molecular complexity index is 543. The summed E-state index contributed by atoms with van der Waals surface area (Å²) in [6.07, 6.45) is 4.61. The molecule has 0 aliphatic rings. The highest BCUT2D eigenvalue weighted by Gasteiger charge is 2.11. The van der Waals surface area contributed by atoms with Gasteiger partial charge in [-0.2, -0.15) is 4.57 Å². The lowest BCUT2D eigenvalue weighted by Gasteiger charge is -2.02. The minimum Gasteiger partial charge on any atom is -1.00 e. The molecule has 0 amide bonds. The fourth-order valence-corrected chi connectivity index (χ4v) is 1.81. The largest absolute Gasteiger partial charge is 1.00 e. The Balaban J connectivity index is 0.00000200. The van der Waals surface area contributed by atoms with E-state index in [1.165, 1.54) is 5.56 Å². The molecule has 0 saturated heterocycles. The lowest BCUT2D eigenvalue weighted by atomic mass is 10.2. The Morgan fingerprint density at radius 2 is 1.90 bits per heavy atom. The summed E-state index contributed by atoms with van der Waals surface area (Å²) in [7, 11) is 0. The molecule has 0 radical (unpaired) electrons. The van der Waals surface area contributed by atoms with Crippen LogP contribution < -0.4 is 17.0 Å². The highest BCUT2D eigenvalue weighted by molar-refractivity contribution is 5.88. The predicted octanol–water partition coefficient (Wildman–Crippen LogP) is -0.407. The highest BCUT2D eigenvalue weighted by atomic mass is 35.5. The molecule has 1 heterocycles. The van der Waals surface area contributed by atoms with E-state index in [0.717, 1.165) is 13.0 Å². The van der Waals surface area contributed by atoms with Crippen molar-refractivity contribution >= 4 is 5.97 Å². The van der Waals surface area contributed by atoms with Crippen LogP contribution in [0.4, 0.5) is 0 Å². The Labute approximate surface area is 125 Å². The number of hydrogen-bond donors (Lipinski definition) is 0. The van der Waals surface area contributed by atoms with Crippen LogP contribution in [0.3, 0.4) is 0 Å². The maximum absolute atomic E-state index is 11.8. The van der Waals surface area contributed by atoms with Crippen molar-refractivity contribution in [3.63, 3.8) is 0 Å². The van der Waals surface area contributed by atoms with Crippen LogP contribution >= 0.6 is 0 Å². The first kappa shape index (κ1) is 16.2. The quantitative estimate of drug-likeness (QED) is 0.554. The third-order valence-corrected chi connectivity index (χ3v) is 2.74. The lowest BCUT2D eigenvalue weighted by Crippen LogP contribution is -3.00. The molecular formula is C16H18ClNO2. The first-order chi connectivity index (χ1) is 9.29. The number of rotatable bonds is 5. The number of esters is 1. The highest BCUT2D eigenvalue weighted by Crippen LogP contribution is 2.01. The van der Waals surface area contributed by atoms with Gasteiger partial charge in [0.05, 0.1) is 6.61 Å². The summed E-state index contributed by atoms with van der Waals surface area (Å²) in [6.45, 7) is 3.19. The van der Waals surface area contributed by atoms with Crippen molar-refractivity contribution in [3.8, 4) is 0 Å². The first-order valence-corrected chi connectivity index (χ1v) is 6.49. The molecule has 1 aromatic heterocycles. The van der Waals surface area contributed by atoms with E-state index in [2.05, 4.69) is 12.1 Å². The van der Waals surface area contributed by atoms with Gasteiger partial charge in [0.25, 0.3) is 0 Å². The van der Waals surface area contributed by atoms with Gasteiger partial charge < -0.3 is 17.1 Å². The van der Waals surface area contributed by atoms with E-state index in [9.17, 15) is 4.79 Å². The Morgan fingerprint density at radius 1 is 1.15 bits per heavy atom. The van der Waals surface area contributed by atoms with Crippen molar-refractivity contribution in [2.45, 2.75) is 19.9 Å². The van der Waals surface area contributed by atoms with Gasteiger partial charge in [0.1, 0.15) is 5.56 Å². The van der Waals surface area contributed by atoms with Crippen molar-refractivity contribution in [1.29, 1.82) is 0 Å². The monoisotopic (exact) mass is 291 g/mol. The van der Waals surface area contributed by atoms with Gasteiger partial charge in [-0.05, 0) is 12.5 Å². The van der Waals surface area contributed by atoms with Gasteiger partial charge in [-0.1, -0.05) is 37.3 Å². The average Bonchev–Trinajstić information content (AvgIpc) is 2.46. The molecule has 0 bridgehead atoms. The number of ether oxygens (including phenoxy) is 1. The van der Waals surface area contributed by atoms with Crippen LogP contribution in [0, 0.1) is 0 Å². The molecule has 0 aliphatic carbocycles. The number of hydrogen-bond acceptors (Lipinski definition) is 2. The molecule has 2 rings (SSSR count). The third-order valence-electron chi connectivity index (χ3n) is 2.74. The normalized spacial score (nSPS) is 9.65. The summed E-state index contributed by atoms with van der Waals surface area (Å²) >= 11 is 0. The lowest BCUT2D eigenvalue weighted by molar-refractivity contribution is -0.688. The molecule has 0 unspecified atom stereocenters. The van der Waals surface area contributed by atoms with Crippen LogP contribution in [0.1, 0.15) is 29.3 Å². The van der Waals surface area contributed by atoms with E-state index >= 15 is 0 Å². The summed E-state index contributed by atoms with van der Waals surface area (Å²) in [4.78, 5) is 11.8. The number of aromatic nitrogens is 1.